The van der Waals surface area contributed by atoms with Gasteiger partial charge in [0, 0.05) is 10.4 Å². The number of aromatic nitrogens is 1. The number of halogens is 1. The lowest BCUT2D eigenvalue weighted by atomic mass is 10.2. The van der Waals surface area contributed by atoms with Crippen molar-refractivity contribution in [2.75, 3.05) is 0 Å². The van der Waals surface area contributed by atoms with Gasteiger partial charge in [0.15, 0.2) is 0 Å². The van der Waals surface area contributed by atoms with E-state index in [9.17, 15) is 4.79 Å². The summed E-state index contributed by atoms with van der Waals surface area (Å²) in [5.74, 6) is 0. The normalized spacial score (nSPS) is 10.4. The Hall–Kier alpha value is -1.19. The Kier molecular flexibility index (Phi) is 3.36. The summed E-state index contributed by atoms with van der Waals surface area (Å²) >= 11 is 6.95. The Labute approximate surface area is 103 Å². The van der Waals surface area contributed by atoms with Crippen molar-refractivity contribution in [2.24, 2.45) is 0 Å². The maximum atomic E-state index is 10.8. The van der Waals surface area contributed by atoms with E-state index in [1.807, 2.05) is 37.3 Å². The van der Waals surface area contributed by atoms with Crippen LogP contribution in [-0.4, -0.2) is 10.2 Å². The third-order valence-electron chi connectivity index (χ3n) is 2.22. The SMILES string of the molecule is Cc1sc(-c2ccccc2)nc1CC(=O)Cl. The molecular weight excluding hydrogens is 242 g/mol. The summed E-state index contributed by atoms with van der Waals surface area (Å²) in [4.78, 5) is 16.3. The molecule has 0 aliphatic heterocycles. The Balaban J connectivity index is 2.34. The molecule has 16 heavy (non-hydrogen) atoms. The molecule has 0 aliphatic rings. The summed E-state index contributed by atoms with van der Waals surface area (Å²) in [6.45, 7) is 1.96. The molecule has 4 heteroatoms. The van der Waals surface area contributed by atoms with Crippen LogP contribution < -0.4 is 0 Å². The second-order valence-corrected chi connectivity index (χ2v) is 5.04. The second kappa shape index (κ2) is 4.76. The minimum atomic E-state index is -0.368. The van der Waals surface area contributed by atoms with Gasteiger partial charge in [0.2, 0.25) is 5.24 Å². The molecule has 0 radical (unpaired) electrons. The summed E-state index contributed by atoms with van der Waals surface area (Å²) in [6.07, 6.45) is 0.205. The minimum absolute atomic E-state index is 0.205. The molecule has 1 aromatic heterocycles. The van der Waals surface area contributed by atoms with Crippen LogP contribution in [0.15, 0.2) is 30.3 Å². The number of hydrogen-bond donors (Lipinski definition) is 0. The van der Waals surface area contributed by atoms with Crippen LogP contribution in [0.1, 0.15) is 10.6 Å². The molecule has 0 atom stereocenters. The van der Waals surface area contributed by atoms with Gasteiger partial charge in [-0.25, -0.2) is 4.98 Å². The highest BCUT2D eigenvalue weighted by molar-refractivity contribution is 7.15. The lowest BCUT2D eigenvalue weighted by molar-refractivity contribution is -0.111. The van der Waals surface area contributed by atoms with Gasteiger partial charge in [0.1, 0.15) is 5.01 Å². The molecule has 0 bridgehead atoms. The molecule has 0 saturated heterocycles. The average molecular weight is 252 g/mol. The van der Waals surface area contributed by atoms with Crippen LogP contribution in [0.5, 0.6) is 0 Å². The Bertz CT molecular complexity index is 507. The van der Waals surface area contributed by atoms with Crippen LogP contribution >= 0.6 is 22.9 Å². The first-order valence-electron chi connectivity index (χ1n) is 4.87. The molecule has 0 saturated carbocycles. The van der Waals surface area contributed by atoms with Gasteiger partial charge in [-0.3, -0.25) is 4.79 Å². The van der Waals surface area contributed by atoms with Crippen LogP contribution in [0.4, 0.5) is 0 Å². The van der Waals surface area contributed by atoms with Crippen LogP contribution in [0.3, 0.4) is 0 Å². The van der Waals surface area contributed by atoms with E-state index >= 15 is 0 Å². The average Bonchev–Trinajstić information content (AvgIpc) is 2.61. The Morgan fingerprint density at radius 3 is 2.69 bits per heavy atom. The zero-order valence-corrected chi connectivity index (χ0v) is 10.3. The molecule has 2 nitrogen and oxygen atoms in total. The minimum Gasteiger partial charge on any atom is -0.281 e. The van der Waals surface area contributed by atoms with Crippen molar-refractivity contribution in [3.05, 3.63) is 40.9 Å². The fraction of sp³-hybridized carbons (Fsp3) is 0.167. The summed E-state index contributed by atoms with van der Waals surface area (Å²) in [6, 6.07) is 9.92. The second-order valence-electron chi connectivity index (χ2n) is 3.42. The fourth-order valence-corrected chi connectivity index (χ4v) is 2.49. The van der Waals surface area contributed by atoms with E-state index in [0.717, 1.165) is 21.1 Å². The van der Waals surface area contributed by atoms with E-state index in [-0.39, 0.29) is 11.7 Å². The van der Waals surface area contributed by atoms with E-state index in [4.69, 9.17) is 11.6 Å². The largest absolute Gasteiger partial charge is 0.281 e. The molecule has 82 valence electrons. The van der Waals surface area contributed by atoms with E-state index < -0.39 is 0 Å². The number of aryl methyl sites for hydroxylation is 1. The standard InChI is InChI=1S/C12H10ClNOS/c1-8-10(7-11(13)15)14-12(16-8)9-5-3-2-4-6-9/h2-6H,7H2,1H3. The molecule has 0 aliphatic carbocycles. The van der Waals surface area contributed by atoms with Crippen molar-refractivity contribution < 1.29 is 4.79 Å². The van der Waals surface area contributed by atoms with Gasteiger partial charge in [-0.1, -0.05) is 30.3 Å². The molecule has 0 spiro atoms. The van der Waals surface area contributed by atoms with Gasteiger partial charge < -0.3 is 0 Å². The zero-order chi connectivity index (χ0) is 11.5. The smallest absolute Gasteiger partial charge is 0.227 e. The number of carbonyl (C=O) groups excluding carboxylic acids is 1. The summed E-state index contributed by atoms with van der Waals surface area (Å²) in [7, 11) is 0. The van der Waals surface area contributed by atoms with Gasteiger partial charge in [-0.2, -0.15) is 0 Å². The van der Waals surface area contributed by atoms with Gasteiger partial charge in [0.05, 0.1) is 12.1 Å². The zero-order valence-electron chi connectivity index (χ0n) is 8.74. The van der Waals surface area contributed by atoms with Crippen LogP contribution in [0, 0.1) is 6.92 Å². The highest BCUT2D eigenvalue weighted by Crippen LogP contribution is 2.27. The van der Waals surface area contributed by atoms with Crippen molar-refractivity contribution in [1.29, 1.82) is 0 Å². The molecule has 0 amide bonds. The highest BCUT2D eigenvalue weighted by Gasteiger charge is 2.11. The molecule has 2 aromatic rings. The van der Waals surface area contributed by atoms with E-state index in [2.05, 4.69) is 4.98 Å². The van der Waals surface area contributed by atoms with Crippen LogP contribution in [0.2, 0.25) is 0 Å². The summed E-state index contributed by atoms with van der Waals surface area (Å²) in [5, 5.41) is 0.569. The number of carbonyl (C=O) groups is 1. The molecule has 2 rings (SSSR count). The highest BCUT2D eigenvalue weighted by atomic mass is 35.5. The van der Waals surface area contributed by atoms with Gasteiger partial charge in [-0.15, -0.1) is 11.3 Å². The van der Waals surface area contributed by atoms with Gasteiger partial charge in [-0.05, 0) is 18.5 Å². The van der Waals surface area contributed by atoms with E-state index in [1.54, 1.807) is 11.3 Å². The maximum absolute atomic E-state index is 10.8. The van der Waals surface area contributed by atoms with Gasteiger partial charge >= 0.3 is 0 Å². The lowest BCUT2D eigenvalue weighted by Gasteiger charge is -1.93. The Morgan fingerprint density at radius 1 is 1.38 bits per heavy atom. The maximum Gasteiger partial charge on any atom is 0.227 e. The lowest BCUT2D eigenvalue weighted by Crippen LogP contribution is -1.95. The third kappa shape index (κ3) is 2.49. The van der Waals surface area contributed by atoms with Crippen molar-refractivity contribution in [1.82, 2.24) is 4.98 Å². The van der Waals surface area contributed by atoms with E-state index in [1.165, 1.54) is 0 Å². The number of benzene rings is 1. The van der Waals surface area contributed by atoms with E-state index in [0.29, 0.717) is 0 Å². The van der Waals surface area contributed by atoms with Gasteiger partial charge in [0.25, 0.3) is 0 Å². The van der Waals surface area contributed by atoms with Crippen molar-refractivity contribution >= 4 is 28.2 Å². The first-order chi connectivity index (χ1) is 7.66. The number of thiazole rings is 1. The molecule has 0 N–H and O–H groups in total. The van der Waals surface area contributed by atoms with Crippen molar-refractivity contribution in [3.63, 3.8) is 0 Å². The molecule has 1 heterocycles. The molecular formula is C12H10ClNOS. The molecule has 1 aromatic carbocycles. The predicted molar refractivity (Wildman–Crippen MR) is 66.9 cm³/mol. The number of nitrogens with zero attached hydrogens (tertiary/aromatic N) is 1. The third-order valence-corrected chi connectivity index (χ3v) is 3.42. The predicted octanol–water partition coefficient (Wildman–Crippen LogP) is 3.43. The topological polar surface area (TPSA) is 30.0 Å². The summed E-state index contributed by atoms with van der Waals surface area (Å²) in [5.41, 5.74) is 1.85. The van der Waals surface area contributed by atoms with Crippen LogP contribution in [-0.2, 0) is 11.2 Å². The monoisotopic (exact) mass is 251 g/mol. The summed E-state index contributed by atoms with van der Waals surface area (Å²) < 4.78 is 0. The van der Waals surface area contributed by atoms with Crippen molar-refractivity contribution in [3.8, 4) is 10.6 Å². The number of hydrogen-bond acceptors (Lipinski definition) is 3. The number of rotatable bonds is 3. The quantitative estimate of drug-likeness (QED) is 0.783. The first-order valence-corrected chi connectivity index (χ1v) is 6.06. The van der Waals surface area contributed by atoms with Crippen molar-refractivity contribution in [2.45, 2.75) is 13.3 Å². The molecule has 0 fully saturated rings. The Morgan fingerprint density at radius 2 is 2.06 bits per heavy atom. The van der Waals surface area contributed by atoms with Crippen LogP contribution in [0.25, 0.3) is 10.6 Å². The fourth-order valence-electron chi connectivity index (χ4n) is 1.43. The first kappa shape index (κ1) is 11.3. The molecule has 0 unspecified atom stereocenters.